The van der Waals surface area contributed by atoms with Gasteiger partial charge in [0.15, 0.2) is 6.29 Å². The van der Waals surface area contributed by atoms with Crippen molar-refractivity contribution in [2.45, 2.75) is 56.1 Å². The first-order valence-electron chi connectivity index (χ1n) is 6.35. The molecule has 19 heavy (non-hydrogen) atoms. The number of aliphatic hydroxyl groups excluding tert-OH is 3. The zero-order valence-corrected chi connectivity index (χ0v) is 11.9. The predicted octanol–water partition coefficient (Wildman–Crippen LogP) is -0.737. The predicted molar refractivity (Wildman–Crippen MR) is 66.0 cm³/mol. The summed E-state index contributed by atoms with van der Waals surface area (Å²) in [7, 11) is -3.32. The quantitative estimate of drug-likeness (QED) is 0.505. The van der Waals surface area contributed by atoms with Gasteiger partial charge in [-0.1, -0.05) is 13.8 Å². The zero-order valence-electron chi connectivity index (χ0n) is 11.0. The second kappa shape index (κ2) is 5.07. The monoisotopic (exact) mass is 296 g/mol. The Morgan fingerprint density at radius 1 is 1.32 bits per heavy atom. The zero-order chi connectivity index (χ0) is 14.4. The summed E-state index contributed by atoms with van der Waals surface area (Å²) < 4.78 is 22.6. The van der Waals surface area contributed by atoms with Crippen molar-refractivity contribution in [3.63, 3.8) is 0 Å². The summed E-state index contributed by atoms with van der Waals surface area (Å²) in [5.41, 5.74) is -1.59. The number of hydrogen-bond acceptors (Lipinski definition) is 6. The smallest absolute Gasteiger partial charge is 0.203 e. The van der Waals surface area contributed by atoms with E-state index in [2.05, 4.69) is 0 Å². The van der Waals surface area contributed by atoms with Gasteiger partial charge in [0, 0.05) is 11.8 Å². The highest BCUT2D eigenvalue weighted by atomic mass is 31.2. The van der Waals surface area contributed by atoms with Crippen LogP contribution in [0.1, 0.15) is 20.3 Å². The average Bonchev–Trinajstić information content (AvgIpc) is 2.75. The van der Waals surface area contributed by atoms with Gasteiger partial charge in [0.25, 0.3) is 0 Å². The summed E-state index contributed by atoms with van der Waals surface area (Å²) in [5.74, 6) is 0. The molecule has 0 aromatic heterocycles. The number of hydrogen-bond donors (Lipinski definition) is 4. The molecule has 2 heterocycles. The van der Waals surface area contributed by atoms with Crippen LogP contribution in [0.5, 0.6) is 0 Å². The molecular weight excluding hydrogens is 275 g/mol. The molecule has 2 saturated heterocycles. The maximum Gasteiger partial charge on any atom is 0.203 e. The van der Waals surface area contributed by atoms with Crippen LogP contribution in [0.25, 0.3) is 0 Å². The Labute approximate surface area is 111 Å². The van der Waals surface area contributed by atoms with Gasteiger partial charge in [-0.25, -0.2) is 0 Å². The van der Waals surface area contributed by atoms with Gasteiger partial charge in [0.05, 0.1) is 6.61 Å². The van der Waals surface area contributed by atoms with Crippen LogP contribution in [0.3, 0.4) is 0 Å². The molecule has 0 aromatic carbocycles. The molecule has 0 aliphatic carbocycles. The Kier molecular flexibility index (Phi) is 4.11. The van der Waals surface area contributed by atoms with Crippen molar-refractivity contribution >= 4 is 7.37 Å². The SMILES string of the molecule is CC(C)P(=O)(O)CC[C@@]12CO[C@@H](O1)[C@@H](O)[C@@H](O)[C@@H]2O. The first-order valence-corrected chi connectivity index (χ1v) is 8.26. The Bertz CT molecular complexity index is 387. The van der Waals surface area contributed by atoms with E-state index in [9.17, 15) is 24.8 Å². The normalized spacial score (nSPS) is 45.4. The van der Waals surface area contributed by atoms with Crippen molar-refractivity contribution < 1.29 is 34.3 Å². The highest BCUT2D eigenvalue weighted by Crippen LogP contribution is 2.49. The van der Waals surface area contributed by atoms with Crippen molar-refractivity contribution in [2.75, 3.05) is 12.8 Å². The fourth-order valence-corrected chi connectivity index (χ4v) is 3.61. The minimum absolute atomic E-state index is 0.00888. The maximum atomic E-state index is 11.9. The molecule has 2 rings (SSSR count). The fourth-order valence-electron chi connectivity index (χ4n) is 2.39. The first-order chi connectivity index (χ1) is 8.69. The van der Waals surface area contributed by atoms with E-state index < -0.39 is 37.6 Å². The Morgan fingerprint density at radius 3 is 2.53 bits per heavy atom. The van der Waals surface area contributed by atoms with Gasteiger partial charge in [-0.3, -0.25) is 4.57 Å². The number of ether oxygens (including phenoxy) is 2. The van der Waals surface area contributed by atoms with E-state index in [1.54, 1.807) is 13.8 Å². The summed E-state index contributed by atoms with van der Waals surface area (Å²) in [6, 6.07) is 0. The molecule has 7 nitrogen and oxygen atoms in total. The third-order valence-electron chi connectivity index (χ3n) is 4.00. The Balaban J connectivity index is 2.09. The summed E-state index contributed by atoms with van der Waals surface area (Å²) in [6.45, 7) is 3.30. The van der Waals surface area contributed by atoms with E-state index >= 15 is 0 Å². The Morgan fingerprint density at radius 2 is 1.95 bits per heavy atom. The number of fused-ring (bicyclic) bond motifs is 2. The van der Waals surface area contributed by atoms with E-state index in [1.165, 1.54) is 0 Å². The molecule has 2 fully saturated rings. The Hall–Kier alpha value is -0.0100. The van der Waals surface area contributed by atoms with Gasteiger partial charge < -0.3 is 29.7 Å². The van der Waals surface area contributed by atoms with Crippen molar-refractivity contribution in [2.24, 2.45) is 0 Å². The molecule has 8 heteroatoms. The summed E-state index contributed by atoms with van der Waals surface area (Å²) in [6.07, 6.45) is -4.94. The minimum Gasteiger partial charge on any atom is -0.387 e. The molecule has 2 bridgehead atoms. The molecule has 2 aliphatic rings. The van der Waals surface area contributed by atoms with Crippen LogP contribution in [0.15, 0.2) is 0 Å². The molecule has 0 radical (unpaired) electrons. The van der Waals surface area contributed by atoms with Crippen molar-refractivity contribution in [1.82, 2.24) is 0 Å². The molecule has 4 N–H and O–H groups in total. The van der Waals surface area contributed by atoms with Crippen molar-refractivity contribution in [1.29, 1.82) is 0 Å². The van der Waals surface area contributed by atoms with Crippen LogP contribution in [0.2, 0.25) is 0 Å². The second-order valence-electron chi connectivity index (χ2n) is 5.61. The van der Waals surface area contributed by atoms with E-state index in [1.807, 2.05) is 0 Å². The van der Waals surface area contributed by atoms with E-state index in [-0.39, 0.29) is 24.8 Å². The topological polar surface area (TPSA) is 116 Å². The highest BCUT2D eigenvalue weighted by Gasteiger charge is 2.58. The largest absolute Gasteiger partial charge is 0.387 e. The van der Waals surface area contributed by atoms with E-state index in [0.29, 0.717) is 0 Å². The number of aliphatic hydroxyl groups is 3. The lowest BCUT2D eigenvalue weighted by Gasteiger charge is -2.41. The molecule has 112 valence electrons. The van der Waals surface area contributed by atoms with Gasteiger partial charge in [-0.2, -0.15) is 0 Å². The lowest BCUT2D eigenvalue weighted by atomic mass is 9.87. The molecule has 0 saturated carbocycles. The van der Waals surface area contributed by atoms with Crippen LogP contribution in [-0.4, -0.2) is 68.8 Å². The van der Waals surface area contributed by atoms with Gasteiger partial charge >= 0.3 is 0 Å². The van der Waals surface area contributed by atoms with Gasteiger partial charge in [0.1, 0.15) is 23.9 Å². The maximum absolute atomic E-state index is 11.9. The molecule has 1 unspecified atom stereocenters. The van der Waals surface area contributed by atoms with Crippen LogP contribution in [-0.2, 0) is 14.0 Å². The van der Waals surface area contributed by atoms with Gasteiger partial charge in [-0.15, -0.1) is 0 Å². The number of rotatable bonds is 4. The van der Waals surface area contributed by atoms with Crippen molar-refractivity contribution in [3.8, 4) is 0 Å². The fraction of sp³-hybridized carbons (Fsp3) is 1.00. The highest BCUT2D eigenvalue weighted by molar-refractivity contribution is 7.58. The minimum atomic E-state index is -3.32. The second-order valence-corrected chi connectivity index (χ2v) is 8.60. The average molecular weight is 296 g/mol. The van der Waals surface area contributed by atoms with Crippen LogP contribution >= 0.6 is 7.37 Å². The summed E-state index contributed by atoms with van der Waals surface area (Å²) in [4.78, 5) is 9.82. The van der Waals surface area contributed by atoms with Crippen LogP contribution in [0, 0.1) is 0 Å². The molecule has 0 spiro atoms. The summed E-state index contributed by atoms with van der Waals surface area (Å²) >= 11 is 0. The van der Waals surface area contributed by atoms with Gasteiger partial charge in [-0.05, 0) is 6.42 Å². The first kappa shape index (κ1) is 15.4. The molecule has 0 amide bonds. The third kappa shape index (κ3) is 2.61. The lowest BCUT2D eigenvalue weighted by molar-refractivity contribution is -0.259. The third-order valence-corrected chi connectivity index (χ3v) is 6.47. The molecule has 2 aliphatic heterocycles. The molecule has 6 atom stereocenters. The van der Waals surface area contributed by atoms with Crippen LogP contribution < -0.4 is 0 Å². The lowest BCUT2D eigenvalue weighted by Crippen LogP contribution is -2.61. The van der Waals surface area contributed by atoms with E-state index in [0.717, 1.165) is 0 Å². The van der Waals surface area contributed by atoms with E-state index in [4.69, 9.17) is 9.47 Å². The van der Waals surface area contributed by atoms with Gasteiger partial charge in [0.2, 0.25) is 7.37 Å². The van der Waals surface area contributed by atoms with Crippen LogP contribution in [0.4, 0.5) is 0 Å². The standard InChI is InChI=1S/C11H21O7P/c1-6(2)19(15,16)4-3-11-5-17-10(18-11)8(13)7(12)9(11)14/h6-10,12-14H,3-5H2,1-2H3,(H,15,16)/t7-,8+,9+,10+,11+/m1/s1. The molecule has 0 aromatic rings. The van der Waals surface area contributed by atoms with Crippen molar-refractivity contribution in [3.05, 3.63) is 0 Å². The summed E-state index contributed by atoms with van der Waals surface area (Å²) in [5, 5.41) is 29.4. The molecular formula is C11H21O7P.